The summed E-state index contributed by atoms with van der Waals surface area (Å²) in [5, 5.41) is 3.29. The van der Waals surface area contributed by atoms with Gasteiger partial charge in [-0.15, -0.1) is 0 Å². The molecule has 0 aliphatic rings. The largest absolute Gasteiger partial charge is 0.495 e. The molecule has 0 saturated heterocycles. The third-order valence-corrected chi connectivity index (χ3v) is 4.08. The molecule has 1 amide bonds. The topological polar surface area (TPSA) is 38.3 Å². The Hall–Kier alpha value is -1.04. The number of rotatable bonds is 3. The Morgan fingerprint density at radius 2 is 1.95 bits per heavy atom. The second-order valence-corrected chi connectivity index (χ2v) is 6.10. The maximum Gasteiger partial charge on any atom is 0.256 e. The van der Waals surface area contributed by atoms with Gasteiger partial charge in [0.2, 0.25) is 0 Å². The van der Waals surface area contributed by atoms with Crippen LogP contribution in [0.15, 0.2) is 45.3 Å². The van der Waals surface area contributed by atoms with E-state index in [-0.39, 0.29) is 5.91 Å². The van der Waals surface area contributed by atoms with Crippen LogP contribution in [-0.4, -0.2) is 13.0 Å². The lowest BCUT2D eigenvalue weighted by atomic mass is 10.2. The highest BCUT2D eigenvalue weighted by atomic mass is 79.9. The summed E-state index contributed by atoms with van der Waals surface area (Å²) < 4.78 is 6.67. The normalized spacial score (nSPS) is 10.2. The first kappa shape index (κ1) is 15.4. The molecule has 20 heavy (non-hydrogen) atoms. The quantitative estimate of drug-likeness (QED) is 0.749. The summed E-state index contributed by atoms with van der Waals surface area (Å²) in [5.74, 6) is 0.292. The number of hydrogen-bond donors (Lipinski definition) is 1. The number of methoxy groups -OCH3 is 1. The standard InChI is InChI=1S/C14H10Br2ClNO2/c1-20-13-7-9(3-5-12(13)17)18-14(19)10-6-8(15)2-4-11(10)16/h2-7H,1H3,(H,18,19). The molecule has 0 spiro atoms. The van der Waals surface area contributed by atoms with Gasteiger partial charge in [0.15, 0.2) is 0 Å². The zero-order chi connectivity index (χ0) is 14.7. The summed E-state index contributed by atoms with van der Waals surface area (Å²) >= 11 is 12.6. The maximum atomic E-state index is 12.2. The van der Waals surface area contributed by atoms with Crippen LogP contribution in [0, 0.1) is 0 Å². The third kappa shape index (κ3) is 3.53. The molecule has 0 aliphatic heterocycles. The Bertz CT molecular complexity index is 662. The first-order valence-corrected chi connectivity index (χ1v) is 7.57. The summed E-state index contributed by atoms with van der Waals surface area (Å²) in [6, 6.07) is 10.5. The molecule has 3 nitrogen and oxygen atoms in total. The molecule has 104 valence electrons. The molecule has 0 aromatic heterocycles. The molecule has 0 heterocycles. The summed E-state index contributed by atoms with van der Waals surface area (Å²) in [6.07, 6.45) is 0. The molecule has 0 saturated carbocycles. The summed E-state index contributed by atoms with van der Waals surface area (Å²) in [6.45, 7) is 0. The van der Waals surface area contributed by atoms with Crippen LogP contribution < -0.4 is 10.1 Å². The monoisotopic (exact) mass is 417 g/mol. The number of carbonyl (C=O) groups is 1. The number of halogens is 3. The highest BCUT2D eigenvalue weighted by Crippen LogP contribution is 2.28. The molecule has 2 aromatic rings. The van der Waals surface area contributed by atoms with Crippen LogP contribution in [0.3, 0.4) is 0 Å². The molecular weight excluding hydrogens is 409 g/mol. The fourth-order valence-corrected chi connectivity index (χ4v) is 2.59. The van der Waals surface area contributed by atoms with E-state index in [4.69, 9.17) is 16.3 Å². The number of ether oxygens (including phenoxy) is 1. The predicted molar refractivity (Wildman–Crippen MR) is 87.8 cm³/mol. The highest BCUT2D eigenvalue weighted by Gasteiger charge is 2.12. The smallest absolute Gasteiger partial charge is 0.256 e. The van der Waals surface area contributed by atoms with Crippen LogP contribution in [0.2, 0.25) is 5.02 Å². The van der Waals surface area contributed by atoms with Gasteiger partial charge in [-0.2, -0.15) is 0 Å². The Balaban J connectivity index is 2.25. The maximum absolute atomic E-state index is 12.2. The minimum Gasteiger partial charge on any atom is -0.495 e. The van der Waals surface area contributed by atoms with Crippen LogP contribution in [0.4, 0.5) is 5.69 Å². The van der Waals surface area contributed by atoms with Gasteiger partial charge in [-0.1, -0.05) is 27.5 Å². The number of carbonyl (C=O) groups excluding carboxylic acids is 1. The van der Waals surface area contributed by atoms with Crippen molar-refractivity contribution in [2.45, 2.75) is 0 Å². The van der Waals surface area contributed by atoms with Gasteiger partial charge in [0.05, 0.1) is 17.7 Å². The molecule has 0 unspecified atom stereocenters. The molecule has 2 rings (SSSR count). The second-order valence-electron chi connectivity index (χ2n) is 3.93. The highest BCUT2D eigenvalue weighted by molar-refractivity contribution is 9.11. The Morgan fingerprint density at radius 1 is 1.20 bits per heavy atom. The molecule has 0 aliphatic carbocycles. The number of benzene rings is 2. The molecule has 0 atom stereocenters. The molecule has 0 radical (unpaired) electrons. The zero-order valence-corrected chi connectivity index (χ0v) is 14.3. The molecule has 0 fully saturated rings. The first-order chi connectivity index (χ1) is 9.51. The van der Waals surface area contributed by atoms with Crippen molar-refractivity contribution in [3.8, 4) is 5.75 Å². The van der Waals surface area contributed by atoms with Gasteiger partial charge in [0, 0.05) is 20.7 Å². The lowest BCUT2D eigenvalue weighted by Gasteiger charge is -2.09. The fourth-order valence-electron chi connectivity index (χ4n) is 1.61. The van der Waals surface area contributed by atoms with Crippen molar-refractivity contribution in [2.75, 3.05) is 12.4 Å². The van der Waals surface area contributed by atoms with Crippen LogP contribution in [-0.2, 0) is 0 Å². The second kappa shape index (κ2) is 6.61. The SMILES string of the molecule is COc1cc(NC(=O)c2cc(Br)ccc2Br)ccc1Cl. The number of anilines is 1. The predicted octanol–water partition coefficient (Wildman–Crippen LogP) is 5.13. The molecule has 2 aromatic carbocycles. The van der Waals surface area contributed by atoms with E-state index >= 15 is 0 Å². The van der Waals surface area contributed by atoms with E-state index in [1.54, 1.807) is 30.3 Å². The summed E-state index contributed by atoms with van der Waals surface area (Å²) in [5.41, 5.74) is 1.15. The lowest BCUT2D eigenvalue weighted by Crippen LogP contribution is -2.12. The fraction of sp³-hybridized carbons (Fsp3) is 0.0714. The molecule has 6 heteroatoms. The summed E-state index contributed by atoms with van der Waals surface area (Å²) in [7, 11) is 1.53. The Morgan fingerprint density at radius 3 is 2.65 bits per heavy atom. The molecule has 0 bridgehead atoms. The van der Waals surface area contributed by atoms with Gasteiger partial charge in [0.1, 0.15) is 5.75 Å². The van der Waals surface area contributed by atoms with E-state index in [0.717, 1.165) is 8.95 Å². The van der Waals surface area contributed by atoms with Gasteiger partial charge in [-0.05, 0) is 46.3 Å². The van der Waals surface area contributed by atoms with Gasteiger partial charge >= 0.3 is 0 Å². The average Bonchev–Trinajstić information content (AvgIpc) is 2.43. The Labute approximate surface area is 138 Å². The van der Waals surface area contributed by atoms with E-state index < -0.39 is 0 Å². The van der Waals surface area contributed by atoms with Crippen molar-refractivity contribution in [1.29, 1.82) is 0 Å². The minimum atomic E-state index is -0.220. The third-order valence-electron chi connectivity index (χ3n) is 2.58. The van der Waals surface area contributed by atoms with E-state index in [2.05, 4.69) is 37.2 Å². The number of nitrogens with one attached hydrogen (secondary N) is 1. The Kier molecular flexibility index (Phi) is 5.07. The number of hydrogen-bond acceptors (Lipinski definition) is 2. The van der Waals surface area contributed by atoms with Crippen molar-refractivity contribution >= 4 is 55.1 Å². The lowest BCUT2D eigenvalue weighted by molar-refractivity contribution is 0.102. The van der Waals surface area contributed by atoms with E-state index in [1.807, 2.05) is 6.07 Å². The van der Waals surface area contributed by atoms with E-state index in [9.17, 15) is 4.79 Å². The summed E-state index contributed by atoms with van der Waals surface area (Å²) in [4.78, 5) is 12.2. The van der Waals surface area contributed by atoms with Crippen LogP contribution in [0.1, 0.15) is 10.4 Å². The van der Waals surface area contributed by atoms with Gasteiger partial charge in [-0.3, -0.25) is 4.79 Å². The van der Waals surface area contributed by atoms with Gasteiger partial charge < -0.3 is 10.1 Å². The van der Waals surface area contributed by atoms with Gasteiger partial charge in [0.25, 0.3) is 5.91 Å². The van der Waals surface area contributed by atoms with Crippen molar-refractivity contribution in [2.24, 2.45) is 0 Å². The van der Waals surface area contributed by atoms with Crippen LogP contribution in [0.25, 0.3) is 0 Å². The van der Waals surface area contributed by atoms with Crippen LogP contribution >= 0.6 is 43.5 Å². The van der Waals surface area contributed by atoms with Crippen molar-refractivity contribution in [3.63, 3.8) is 0 Å². The molecule has 1 N–H and O–H groups in total. The first-order valence-electron chi connectivity index (χ1n) is 5.61. The minimum absolute atomic E-state index is 0.220. The van der Waals surface area contributed by atoms with Gasteiger partial charge in [-0.25, -0.2) is 0 Å². The van der Waals surface area contributed by atoms with E-state index in [1.165, 1.54) is 7.11 Å². The average molecular weight is 420 g/mol. The zero-order valence-electron chi connectivity index (χ0n) is 10.4. The van der Waals surface area contributed by atoms with Crippen molar-refractivity contribution in [1.82, 2.24) is 0 Å². The molecular formula is C14H10Br2ClNO2. The van der Waals surface area contributed by atoms with Crippen molar-refractivity contribution in [3.05, 3.63) is 55.9 Å². The van der Waals surface area contributed by atoms with Crippen molar-refractivity contribution < 1.29 is 9.53 Å². The van der Waals surface area contributed by atoms with E-state index in [0.29, 0.717) is 22.0 Å². The van der Waals surface area contributed by atoms with Crippen LogP contribution in [0.5, 0.6) is 5.75 Å². The number of amides is 1.